The molecule has 0 aliphatic heterocycles. The van der Waals surface area contributed by atoms with Gasteiger partial charge in [0.1, 0.15) is 5.75 Å². The fraction of sp³-hybridized carbons (Fsp3) is 0.286. The van der Waals surface area contributed by atoms with Crippen LogP contribution in [-0.2, 0) is 9.59 Å². The molecule has 1 atom stereocenters. The van der Waals surface area contributed by atoms with Gasteiger partial charge >= 0.3 is 0 Å². The van der Waals surface area contributed by atoms with Crippen molar-refractivity contribution in [1.29, 1.82) is 0 Å². The average molecular weight is 418 g/mol. The van der Waals surface area contributed by atoms with Gasteiger partial charge in [-0.25, -0.2) is 0 Å². The molecule has 29 heavy (non-hydrogen) atoms. The van der Waals surface area contributed by atoms with Gasteiger partial charge in [-0.15, -0.1) is 0 Å². The monoisotopic (exact) mass is 417 g/mol. The summed E-state index contributed by atoms with van der Waals surface area (Å²) in [6, 6.07) is 13.0. The van der Waals surface area contributed by atoms with Crippen molar-refractivity contribution in [2.45, 2.75) is 39.2 Å². The number of nitrogens with one attached hydrogen (secondary N) is 3. The molecule has 8 heteroatoms. The standard InChI is InChI=1S/C21H24ClN3O4/c1-3-4-5-19(26)23-17-10-6-15(7-11-17)21(28)25-24-20(27)14(2)29-18-12-8-16(22)9-13-18/h6-14H,3-5H2,1-2H3,(H,23,26)(H,24,27)(H,25,28). The Morgan fingerprint density at radius 2 is 1.66 bits per heavy atom. The normalized spacial score (nSPS) is 11.3. The highest BCUT2D eigenvalue weighted by molar-refractivity contribution is 6.30. The summed E-state index contributed by atoms with van der Waals surface area (Å²) < 4.78 is 5.49. The zero-order valence-corrected chi connectivity index (χ0v) is 17.1. The van der Waals surface area contributed by atoms with Crippen LogP contribution in [0.3, 0.4) is 0 Å². The maximum atomic E-state index is 12.2. The van der Waals surface area contributed by atoms with Crippen molar-refractivity contribution in [2.24, 2.45) is 0 Å². The lowest BCUT2D eigenvalue weighted by molar-refractivity contribution is -0.128. The Labute approximate surface area is 174 Å². The molecule has 0 fully saturated rings. The number of ether oxygens (including phenoxy) is 1. The summed E-state index contributed by atoms with van der Waals surface area (Å²) in [6.07, 6.45) is 1.41. The Morgan fingerprint density at radius 3 is 2.28 bits per heavy atom. The van der Waals surface area contributed by atoms with Gasteiger partial charge in [-0.1, -0.05) is 24.9 Å². The number of unbranched alkanes of at least 4 members (excludes halogenated alkanes) is 1. The van der Waals surface area contributed by atoms with Gasteiger partial charge in [0.15, 0.2) is 6.10 Å². The molecule has 0 saturated carbocycles. The maximum absolute atomic E-state index is 12.2. The van der Waals surface area contributed by atoms with Gasteiger partial charge in [0.2, 0.25) is 5.91 Å². The summed E-state index contributed by atoms with van der Waals surface area (Å²) >= 11 is 5.81. The van der Waals surface area contributed by atoms with Crippen LogP contribution >= 0.6 is 11.6 Å². The molecule has 3 amide bonds. The van der Waals surface area contributed by atoms with Crippen molar-refractivity contribution in [3.05, 3.63) is 59.1 Å². The van der Waals surface area contributed by atoms with Crippen LogP contribution in [-0.4, -0.2) is 23.8 Å². The lowest BCUT2D eigenvalue weighted by Gasteiger charge is -2.15. The van der Waals surface area contributed by atoms with Crippen LogP contribution in [0.1, 0.15) is 43.5 Å². The minimum absolute atomic E-state index is 0.0639. The van der Waals surface area contributed by atoms with E-state index in [2.05, 4.69) is 16.2 Å². The molecule has 2 aromatic carbocycles. The van der Waals surface area contributed by atoms with Crippen LogP contribution in [0.2, 0.25) is 5.02 Å². The van der Waals surface area contributed by atoms with Crippen LogP contribution in [0.4, 0.5) is 5.69 Å². The summed E-state index contributed by atoms with van der Waals surface area (Å²) in [6.45, 7) is 3.58. The minimum atomic E-state index is -0.822. The molecule has 2 aromatic rings. The van der Waals surface area contributed by atoms with Gasteiger partial charge in [-0.3, -0.25) is 25.2 Å². The van der Waals surface area contributed by atoms with Crippen molar-refractivity contribution in [2.75, 3.05) is 5.32 Å². The highest BCUT2D eigenvalue weighted by Crippen LogP contribution is 2.16. The molecule has 0 bridgehead atoms. The molecule has 0 radical (unpaired) electrons. The fourth-order valence-corrected chi connectivity index (χ4v) is 2.45. The van der Waals surface area contributed by atoms with Gasteiger partial charge in [0.25, 0.3) is 11.8 Å². The number of carbonyl (C=O) groups is 3. The first kappa shape index (κ1) is 22.2. The number of carbonyl (C=O) groups excluding carboxylic acids is 3. The van der Waals surface area contributed by atoms with Gasteiger partial charge in [0, 0.05) is 22.7 Å². The van der Waals surface area contributed by atoms with Crippen molar-refractivity contribution >= 4 is 35.0 Å². The Balaban J connectivity index is 1.81. The van der Waals surface area contributed by atoms with Crippen LogP contribution in [0.15, 0.2) is 48.5 Å². The van der Waals surface area contributed by atoms with E-state index in [1.165, 1.54) is 0 Å². The Kier molecular flexibility index (Phi) is 8.48. The number of hydrogen-bond acceptors (Lipinski definition) is 4. The molecule has 7 nitrogen and oxygen atoms in total. The molecule has 0 aliphatic carbocycles. The molecule has 0 aromatic heterocycles. The third-order valence-corrected chi connectivity index (χ3v) is 4.24. The minimum Gasteiger partial charge on any atom is -0.481 e. The second-order valence-electron chi connectivity index (χ2n) is 6.39. The lowest BCUT2D eigenvalue weighted by Crippen LogP contribution is -2.47. The number of hydrazine groups is 1. The Bertz CT molecular complexity index is 838. The quantitative estimate of drug-likeness (QED) is 0.570. The second kappa shape index (κ2) is 11.1. The van der Waals surface area contributed by atoms with Crippen molar-refractivity contribution in [1.82, 2.24) is 10.9 Å². The number of benzene rings is 2. The predicted molar refractivity (Wildman–Crippen MR) is 112 cm³/mol. The third kappa shape index (κ3) is 7.46. The van der Waals surface area contributed by atoms with E-state index in [1.54, 1.807) is 55.5 Å². The first-order valence-corrected chi connectivity index (χ1v) is 9.69. The molecule has 0 spiro atoms. The maximum Gasteiger partial charge on any atom is 0.279 e. The third-order valence-electron chi connectivity index (χ3n) is 3.98. The summed E-state index contributed by atoms with van der Waals surface area (Å²) in [5.41, 5.74) is 5.60. The van der Waals surface area contributed by atoms with E-state index in [0.29, 0.717) is 28.4 Å². The van der Waals surface area contributed by atoms with Crippen LogP contribution < -0.4 is 20.9 Å². The first-order valence-electron chi connectivity index (χ1n) is 9.31. The molecular formula is C21H24ClN3O4. The zero-order chi connectivity index (χ0) is 21.2. The highest BCUT2D eigenvalue weighted by Gasteiger charge is 2.16. The molecule has 1 unspecified atom stereocenters. The largest absolute Gasteiger partial charge is 0.481 e. The van der Waals surface area contributed by atoms with E-state index >= 15 is 0 Å². The molecule has 3 N–H and O–H groups in total. The smallest absolute Gasteiger partial charge is 0.279 e. The van der Waals surface area contributed by atoms with Crippen LogP contribution in [0.5, 0.6) is 5.75 Å². The fourth-order valence-electron chi connectivity index (χ4n) is 2.33. The molecule has 0 heterocycles. The van der Waals surface area contributed by atoms with E-state index in [1.807, 2.05) is 6.92 Å². The average Bonchev–Trinajstić information content (AvgIpc) is 2.72. The van der Waals surface area contributed by atoms with Crippen LogP contribution in [0, 0.1) is 0 Å². The van der Waals surface area contributed by atoms with E-state index in [-0.39, 0.29) is 5.91 Å². The van der Waals surface area contributed by atoms with Gasteiger partial charge < -0.3 is 10.1 Å². The summed E-state index contributed by atoms with van der Waals surface area (Å²) in [7, 11) is 0. The molecule has 154 valence electrons. The van der Waals surface area contributed by atoms with Gasteiger partial charge in [-0.05, 0) is 61.9 Å². The SMILES string of the molecule is CCCCC(=O)Nc1ccc(C(=O)NNC(=O)C(C)Oc2ccc(Cl)cc2)cc1. The van der Waals surface area contributed by atoms with E-state index in [9.17, 15) is 14.4 Å². The van der Waals surface area contributed by atoms with E-state index < -0.39 is 17.9 Å². The van der Waals surface area contributed by atoms with Gasteiger partial charge in [-0.2, -0.15) is 0 Å². The zero-order valence-electron chi connectivity index (χ0n) is 16.3. The van der Waals surface area contributed by atoms with Crippen LogP contribution in [0.25, 0.3) is 0 Å². The highest BCUT2D eigenvalue weighted by atomic mass is 35.5. The number of amides is 3. The number of anilines is 1. The van der Waals surface area contributed by atoms with Crippen molar-refractivity contribution in [3.63, 3.8) is 0 Å². The number of rotatable bonds is 8. The van der Waals surface area contributed by atoms with Gasteiger partial charge in [0.05, 0.1) is 0 Å². The predicted octanol–water partition coefficient (Wildman–Crippen LogP) is 3.70. The molecule has 0 saturated heterocycles. The second-order valence-corrected chi connectivity index (χ2v) is 6.82. The topological polar surface area (TPSA) is 96.5 Å². The molecule has 2 rings (SSSR count). The van der Waals surface area contributed by atoms with Crippen molar-refractivity contribution in [3.8, 4) is 5.75 Å². The van der Waals surface area contributed by atoms with E-state index in [4.69, 9.17) is 16.3 Å². The number of hydrogen-bond donors (Lipinski definition) is 3. The number of halogens is 1. The molecule has 0 aliphatic rings. The van der Waals surface area contributed by atoms with E-state index in [0.717, 1.165) is 12.8 Å². The lowest BCUT2D eigenvalue weighted by atomic mass is 10.2. The Hall–Kier alpha value is -3.06. The Morgan fingerprint density at radius 1 is 1.00 bits per heavy atom. The van der Waals surface area contributed by atoms with Crippen molar-refractivity contribution < 1.29 is 19.1 Å². The molecular weight excluding hydrogens is 394 g/mol. The summed E-state index contributed by atoms with van der Waals surface area (Å²) in [5, 5.41) is 3.33. The first-order chi connectivity index (χ1) is 13.9. The summed E-state index contributed by atoms with van der Waals surface area (Å²) in [4.78, 5) is 36.0. The summed E-state index contributed by atoms with van der Waals surface area (Å²) in [5.74, 6) is -0.569.